The van der Waals surface area contributed by atoms with E-state index in [0.717, 1.165) is 41.4 Å². The van der Waals surface area contributed by atoms with Crippen LogP contribution in [0.4, 0.5) is 5.69 Å². The third kappa shape index (κ3) is 2.67. The lowest BCUT2D eigenvalue weighted by atomic mass is 10.0. The van der Waals surface area contributed by atoms with Crippen LogP contribution in [0.3, 0.4) is 0 Å². The van der Waals surface area contributed by atoms with Crippen molar-refractivity contribution in [3.8, 4) is 0 Å². The Morgan fingerprint density at radius 2 is 2.33 bits per heavy atom. The number of thiophene rings is 1. The van der Waals surface area contributed by atoms with Crippen LogP contribution >= 0.6 is 11.3 Å². The molecule has 1 aromatic rings. The van der Waals surface area contributed by atoms with Gasteiger partial charge in [0, 0.05) is 30.2 Å². The molecule has 2 rings (SSSR count). The molecule has 4 nitrogen and oxygen atoms in total. The molecular formula is C13H21N3OS. The number of rotatable bonds is 2. The van der Waals surface area contributed by atoms with Gasteiger partial charge in [0.25, 0.3) is 5.91 Å². The number of nitrogens with zero attached hydrogens (tertiary/aromatic N) is 2. The zero-order chi connectivity index (χ0) is 13.3. The molecule has 1 amide bonds. The second-order valence-corrected chi connectivity index (χ2v) is 6.35. The molecule has 100 valence electrons. The van der Waals surface area contributed by atoms with Crippen LogP contribution in [0.2, 0.25) is 0 Å². The van der Waals surface area contributed by atoms with Crippen LogP contribution in [0, 0.1) is 6.92 Å². The van der Waals surface area contributed by atoms with Gasteiger partial charge in [0.1, 0.15) is 0 Å². The van der Waals surface area contributed by atoms with E-state index in [-0.39, 0.29) is 5.91 Å². The first-order valence-corrected chi connectivity index (χ1v) is 7.12. The summed E-state index contributed by atoms with van der Waals surface area (Å²) in [5.74, 6) is 0.0973. The highest BCUT2D eigenvalue weighted by Crippen LogP contribution is 2.25. The van der Waals surface area contributed by atoms with E-state index < -0.39 is 0 Å². The quantitative estimate of drug-likeness (QED) is 0.889. The second kappa shape index (κ2) is 5.28. The molecule has 0 radical (unpaired) electrons. The highest BCUT2D eigenvalue weighted by molar-refractivity contribution is 7.14. The van der Waals surface area contributed by atoms with Gasteiger partial charge in [-0.15, -0.1) is 11.3 Å². The van der Waals surface area contributed by atoms with Crippen molar-refractivity contribution in [1.29, 1.82) is 0 Å². The van der Waals surface area contributed by atoms with Crippen molar-refractivity contribution >= 4 is 22.9 Å². The van der Waals surface area contributed by atoms with Gasteiger partial charge in [-0.05, 0) is 39.4 Å². The van der Waals surface area contributed by atoms with Crippen molar-refractivity contribution in [1.82, 2.24) is 9.80 Å². The largest absolute Gasteiger partial charge is 0.398 e. The molecule has 0 aliphatic carbocycles. The number of hydrogen-bond donors (Lipinski definition) is 1. The van der Waals surface area contributed by atoms with Gasteiger partial charge in [-0.3, -0.25) is 4.79 Å². The van der Waals surface area contributed by atoms with Gasteiger partial charge >= 0.3 is 0 Å². The number of nitrogen functional groups attached to an aromatic ring is 1. The van der Waals surface area contributed by atoms with Crippen LogP contribution in [-0.2, 0) is 0 Å². The highest BCUT2D eigenvalue weighted by Gasteiger charge is 2.26. The number of likely N-dealkylation sites (tertiary alicyclic amines) is 1. The number of likely N-dealkylation sites (N-methyl/N-ethyl adjacent to an activating group) is 2. The molecule has 0 bridgehead atoms. The van der Waals surface area contributed by atoms with Gasteiger partial charge in [-0.2, -0.15) is 0 Å². The Morgan fingerprint density at radius 3 is 2.89 bits per heavy atom. The Hall–Kier alpha value is -1.07. The van der Waals surface area contributed by atoms with Crippen molar-refractivity contribution in [2.24, 2.45) is 0 Å². The summed E-state index contributed by atoms with van der Waals surface area (Å²) in [5.41, 5.74) is 6.53. The molecule has 1 unspecified atom stereocenters. The van der Waals surface area contributed by atoms with Gasteiger partial charge in [0.2, 0.25) is 0 Å². The van der Waals surface area contributed by atoms with Crippen molar-refractivity contribution in [2.75, 3.05) is 32.9 Å². The van der Waals surface area contributed by atoms with Crippen LogP contribution in [0.15, 0.2) is 6.07 Å². The Labute approximate surface area is 112 Å². The molecule has 1 aliphatic rings. The number of anilines is 1. The molecule has 18 heavy (non-hydrogen) atoms. The summed E-state index contributed by atoms with van der Waals surface area (Å²) in [5, 5.41) is 0. The van der Waals surface area contributed by atoms with Crippen molar-refractivity contribution < 1.29 is 4.79 Å². The number of hydrogen-bond acceptors (Lipinski definition) is 4. The molecule has 1 fully saturated rings. The first kappa shape index (κ1) is 13.4. The average molecular weight is 267 g/mol. The lowest BCUT2D eigenvalue weighted by Gasteiger charge is -2.35. The molecule has 1 aliphatic heterocycles. The summed E-state index contributed by atoms with van der Waals surface area (Å²) in [6.07, 6.45) is 2.25. The fraction of sp³-hybridized carbons (Fsp3) is 0.615. The maximum Gasteiger partial charge on any atom is 0.264 e. The maximum absolute atomic E-state index is 12.4. The summed E-state index contributed by atoms with van der Waals surface area (Å²) in [4.78, 5) is 18.3. The van der Waals surface area contributed by atoms with Gasteiger partial charge in [-0.1, -0.05) is 0 Å². The molecule has 2 heterocycles. The first-order valence-electron chi connectivity index (χ1n) is 6.30. The smallest absolute Gasteiger partial charge is 0.264 e. The molecule has 0 aromatic carbocycles. The van der Waals surface area contributed by atoms with Crippen molar-refractivity contribution in [3.05, 3.63) is 15.8 Å². The van der Waals surface area contributed by atoms with Gasteiger partial charge in [0.05, 0.1) is 4.88 Å². The molecule has 0 spiro atoms. The number of amides is 1. The zero-order valence-corrected chi connectivity index (χ0v) is 12.1. The Bertz CT molecular complexity index is 424. The lowest BCUT2D eigenvalue weighted by molar-refractivity contribution is 0.0649. The van der Waals surface area contributed by atoms with E-state index in [2.05, 4.69) is 11.9 Å². The minimum Gasteiger partial charge on any atom is -0.398 e. The predicted octanol–water partition coefficient (Wildman–Crippen LogP) is 1.80. The van der Waals surface area contributed by atoms with E-state index in [1.54, 1.807) is 6.07 Å². The zero-order valence-electron chi connectivity index (χ0n) is 11.3. The van der Waals surface area contributed by atoms with Crippen LogP contribution in [-0.4, -0.2) is 48.9 Å². The molecular weight excluding hydrogens is 246 g/mol. The fourth-order valence-electron chi connectivity index (χ4n) is 2.40. The summed E-state index contributed by atoms with van der Waals surface area (Å²) in [7, 11) is 4.01. The van der Waals surface area contributed by atoms with Gasteiger partial charge in [0.15, 0.2) is 0 Å². The molecule has 5 heteroatoms. The normalized spacial score (nSPS) is 20.9. The number of carbonyl (C=O) groups is 1. The summed E-state index contributed by atoms with van der Waals surface area (Å²) in [6.45, 7) is 4.04. The lowest BCUT2D eigenvalue weighted by Crippen LogP contribution is -2.47. The second-order valence-electron chi connectivity index (χ2n) is 5.10. The first-order chi connectivity index (χ1) is 8.49. The number of piperidine rings is 1. The van der Waals surface area contributed by atoms with Gasteiger partial charge in [-0.25, -0.2) is 0 Å². The third-order valence-electron chi connectivity index (χ3n) is 3.63. The molecule has 1 atom stereocenters. The Balaban J connectivity index is 2.08. The number of nitrogens with two attached hydrogens (primary N) is 1. The van der Waals surface area contributed by atoms with E-state index in [4.69, 9.17) is 5.73 Å². The summed E-state index contributed by atoms with van der Waals surface area (Å²) in [6, 6.07) is 2.12. The standard InChI is InChI=1S/C13H21N3OS/c1-9-11(14)7-12(18-9)13(17)16(3)10-5-4-6-15(2)8-10/h7,10H,4-6,8,14H2,1-3H3. The molecule has 1 saturated heterocycles. The van der Waals surface area contributed by atoms with E-state index >= 15 is 0 Å². The SMILES string of the molecule is Cc1sc(C(=O)N(C)C2CCCN(C)C2)cc1N. The van der Waals surface area contributed by atoms with E-state index in [1.165, 1.54) is 11.3 Å². The van der Waals surface area contributed by atoms with Crippen molar-refractivity contribution in [3.63, 3.8) is 0 Å². The van der Waals surface area contributed by atoms with E-state index in [1.807, 2.05) is 18.9 Å². The molecule has 1 aromatic heterocycles. The molecule has 0 saturated carbocycles. The third-order valence-corrected chi connectivity index (χ3v) is 4.69. The summed E-state index contributed by atoms with van der Waals surface area (Å²) < 4.78 is 0. The maximum atomic E-state index is 12.4. The van der Waals surface area contributed by atoms with Crippen LogP contribution in [0.25, 0.3) is 0 Å². The van der Waals surface area contributed by atoms with Crippen molar-refractivity contribution in [2.45, 2.75) is 25.8 Å². The highest BCUT2D eigenvalue weighted by atomic mass is 32.1. The number of carbonyl (C=O) groups excluding carboxylic acids is 1. The number of aryl methyl sites for hydroxylation is 1. The van der Waals surface area contributed by atoms with Crippen LogP contribution in [0.1, 0.15) is 27.4 Å². The fourth-order valence-corrected chi connectivity index (χ4v) is 3.32. The van der Waals surface area contributed by atoms with E-state index in [0.29, 0.717) is 6.04 Å². The topological polar surface area (TPSA) is 49.6 Å². The van der Waals surface area contributed by atoms with E-state index in [9.17, 15) is 4.79 Å². The minimum absolute atomic E-state index is 0.0973. The van der Waals surface area contributed by atoms with Crippen LogP contribution in [0.5, 0.6) is 0 Å². The predicted molar refractivity (Wildman–Crippen MR) is 76.1 cm³/mol. The minimum atomic E-state index is 0.0973. The Morgan fingerprint density at radius 1 is 1.61 bits per heavy atom. The monoisotopic (exact) mass is 267 g/mol. The average Bonchev–Trinajstić information content (AvgIpc) is 2.68. The molecule has 2 N–H and O–H groups in total. The van der Waals surface area contributed by atoms with Gasteiger partial charge < -0.3 is 15.5 Å². The Kier molecular flexibility index (Phi) is 3.92. The summed E-state index contributed by atoms with van der Waals surface area (Å²) >= 11 is 1.49. The van der Waals surface area contributed by atoms with Crippen LogP contribution < -0.4 is 5.73 Å².